The average Bonchev–Trinajstić information content (AvgIpc) is 3.13. The second kappa shape index (κ2) is 4.95. The number of rotatable bonds is 2. The molecule has 0 unspecified atom stereocenters. The van der Waals surface area contributed by atoms with Crippen molar-refractivity contribution in [1.29, 1.82) is 0 Å². The van der Waals surface area contributed by atoms with Gasteiger partial charge in [-0.2, -0.15) is 0 Å². The lowest BCUT2D eigenvalue weighted by atomic mass is 9.72. The van der Waals surface area contributed by atoms with E-state index in [0.717, 1.165) is 12.3 Å². The van der Waals surface area contributed by atoms with Gasteiger partial charge in [0, 0.05) is 0 Å². The largest absolute Gasteiger partial charge is 0.223 e. The lowest BCUT2D eigenvalue weighted by Gasteiger charge is -2.39. The van der Waals surface area contributed by atoms with Crippen LogP contribution in [0.4, 0.5) is 0 Å². The smallest absolute Gasteiger partial charge is 0.181 e. The van der Waals surface area contributed by atoms with Gasteiger partial charge in [0.2, 0.25) is 0 Å². The van der Waals surface area contributed by atoms with Crippen LogP contribution in [0.5, 0.6) is 0 Å². The Balaban J connectivity index is 1.75. The van der Waals surface area contributed by atoms with Crippen LogP contribution in [0.1, 0.15) is 39.5 Å². The highest BCUT2D eigenvalue weighted by atomic mass is 32.2. The number of allylic oxidation sites excluding steroid dienone is 2. The summed E-state index contributed by atoms with van der Waals surface area (Å²) in [7, 11) is -3.23. The molecular formula is C19H24O2S. The first-order valence-corrected chi connectivity index (χ1v) is 10.1. The van der Waals surface area contributed by atoms with E-state index in [4.69, 9.17) is 0 Å². The van der Waals surface area contributed by atoms with Crippen molar-refractivity contribution in [2.24, 2.45) is 23.7 Å². The van der Waals surface area contributed by atoms with Crippen molar-refractivity contribution in [3.8, 4) is 0 Å². The van der Waals surface area contributed by atoms with Crippen molar-refractivity contribution in [3.63, 3.8) is 0 Å². The van der Waals surface area contributed by atoms with Crippen molar-refractivity contribution in [2.45, 2.75) is 49.7 Å². The van der Waals surface area contributed by atoms with Gasteiger partial charge in [0.25, 0.3) is 0 Å². The molecule has 0 radical (unpaired) electrons. The molecule has 22 heavy (non-hydrogen) atoms. The molecule has 2 bridgehead atoms. The minimum absolute atomic E-state index is 0.187. The zero-order valence-electron chi connectivity index (χ0n) is 13.3. The van der Waals surface area contributed by atoms with Crippen molar-refractivity contribution < 1.29 is 8.42 Å². The second-order valence-corrected chi connectivity index (χ2v) is 9.61. The molecule has 3 heteroatoms. The van der Waals surface area contributed by atoms with Crippen LogP contribution in [-0.2, 0) is 9.84 Å². The first kappa shape index (κ1) is 14.5. The lowest BCUT2D eigenvalue weighted by molar-refractivity contribution is 0.394. The van der Waals surface area contributed by atoms with E-state index in [-0.39, 0.29) is 11.2 Å². The van der Waals surface area contributed by atoms with Crippen LogP contribution in [0.3, 0.4) is 0 Å². The van der Waals surface area contributed by atoms with Gasteiger partial charge in [0.05, 0.1) is 10.1 Å². The maximum atomic E-state index is 13.1. The maximum Gasteiger partial charge on any atom is 0.181 e. The summed E-state index contributed by atoms with van der Waals surface area (Å²) in [6.45, 7) is 4.41. The molecule has 1 aromatic carbocycles. The van der Waals surface area contributed by atoms with Gasteiger partial charge < -0.3 is 0 Å². The number of hydrogen-bond donors (Lipinski definition) is 0. The van der Waals surface area contributed by atoms with E-state index in [1.54, 1.807) is 17.7 Å². The molecule has 0 spiro atoms. The quantitative estimate of drug-likeness (QED) is 0.765. The summed E-state index contributed by atoms with van der Waals surface area (Å²) in [4.78, 5) is 0.492. The molecule has 2 nitrogen and oxygen atoms in total. The van der Waals surface area contributed by atoms with E-state index in [2.05, 4.69) is 13.8 Å². The van der Waals surface area contributed by atoms with Crippen LogP contribution in [0.15, 0.2) is 46.4 Å². The third-order valence-corrected chi connectivity index (χ3v) is 8.61. The Bertz CT molecular complexity index is 717. The molecule has 5 atom stereocenters. The fourth-order valence-corrected chi connectivity index (χ4v) is 7.51. The molecule has 0 saturated heterocycles. The predicted molar refractivity (Wildman–Crippen MR) is 88.2 cm³/mol. The highest BCUT2D eigenvalue weighted by Gasteiger charge is 2.49. The van der Waals surface area contributed by atoms with Gasteiger partial charge in [-0.25, -0.2) is 8.42 Å². The minimum Gasteiger partial charge on any atom is -0.223 e. The third kappa shape index (κ3) is 1.94. The van der Waals surface area contributed by atoms with E-state index in [0.29, 0.717) is 16.7 Å². The van der Waals surface area contributed by atoms with E-state index >= 15 is 0 Å². The summed E-state index contributed by atoms with van der Waals surface area (Å²) in [6.07, 6.45) is 4.69. The number of hydrogen-bond acceptors (Lipinski definition) is 2. The Morgan fingerprint density at radius 1 is 0.909 bits per heavy atom. The van der Waals surface area contributed by atoms with Gasteiger partial charge in [-0.15, -0.1) is 0 Å². The second-order valence-electron chi connectivity index (χ2n) is 7.44. The summed E-state index contributed by atoms with van der Waals surface area (Å²) in [5.74, 6) is 2.06. The van der Waals surface area contributed by atoms with Gasteiger partial charge in [0.15, 0.2) is 9.84 Å². The van der Waals surface area contributed by atoms with Gasteiger partial charge in [-0.3, -0.25) is 0 Å². The van der Waals surface area contributed by atoms with Gasteiger partial charge in [0.1, 0.15) is 0 Å². The topological polar surface area (TPSA) is 34.1 Å². The Morgan fingerprint density at radius 2 is 1.55 bits per heavy atom. The maximum absolute atomic E-state index is 13.1. The number of sulfone groups is 1. The van der Waals surface area contributed by atoms with E-state index in [9.17, 15) is 8.42 Å². The van der Waals surface area contributed by atoms with Crippen LogP contribution >= 0.6 is 0 Å². The Labute approximate surface area is 133 Å². The van der Waals surface area contributed by atoms with Crippen LogP contribution in [0, 0.1) is 23.7 Å². The summed E-state index contributed by atoms with van der Waals surface area (Å²) in [5, 5.41) is -0.247. The fourth-order valence-electron chi connectivity index (χ4n) is 5.40. The Kier molecular flexibility index (Phi) is 3.26. The molecule has 0 heterocycles. The monoisotopic (exact) mass is 316 g/mol. The molecule has 3 aliphatic carbocycles. The number of benzene rings is 1. The predicted octanol–water partition coefficient (Wildman–Crippen LogP) is 4.23. The zero-order chi connectivity index (χ0) is 15.5. The van der Waals surface area contributed by atoms with Crippen LogP contribution in [0.25, 0.3) is 0 Å². The molecule has 118 valence electrons. The van der Waals surface area contributed by atoms with Crippen molar-refractivity contribution in [3.05, 3.63) is 41.5 Å². The standard InChI is InChI=1S/C19H24O2S/c1-12-10-17(22(20,21)16-6-4-3-5-7-16)13(2)19-15-9-8-14(11-15)18(12)19/h3-7,12-15,17H,8-11H2,1-2H3/t12-,13+,14-,15-,17-/m1/s1. The van der Waals surface area contributed by atoms with E-state index in [1.165, 1.54) is 24.8 Å². The van der Waals surface area contributed by atoms with Gasteiger partial charge in [-0.1, -0.05) is 43.2 Å². The molecule has 4 rings (SSSR count). The van der Waals surface area contributed by atoms with Crippen LogP contribution < -0.4 is 0 Å². The van der Waals surface area contributed by atoms with Crippen LogP contribution in [0.2, 0.25) is 0 Å². The first-order chi connectivity index (χ1) is 10.5. The fraction of sp³-hybridized carbons (Fsp3) is 0.579. The van der Waals surface area contributed by atoms with E-state index < -0.39 is 9.84 Å². The Hall–Kier alpha value is -1.09. The summed E-state index contributed by atoms with van der Waals surface area (Å²) in [5.41, 5.74) is 3.17. The Morgan fingerprint density at radius 3 is 2.23 bits per heavy atom. The summed E-state index contributed by atoms with van der Waals surface area (Å²) in [6, 6.07) is 9.02. The first-order valence-electron chi connectivity index (χ1n) is 8.53. The molecule has 1 saturated carbocycles. The van der Waals surface area contributed by atoms with Crippen molar-refractivity contribution in [1.82, 2.24) is 0 Å². The molecule has 0 amide bonds. The number of fused-ring (bicyclic) bond motifs is 4. The van der Waals surface area contributed by atoms with Gasteiger partial charge >= 0.3 is 0 Å². The summed E-state index contributed by atoms with van der Waals surface area (Å²) >= 11 is 0. The molecule has 3 aliphatic rings. The highest BCUT2D eigenvalue weighted by Crippen LogP contribution is 2.57. The van der Waals surface area contributed by atoms with Gasteiger partial charge in [-0.05, 0) is 61.5 Å². The normalized spacial score (nSPS) is 37.5. The molecule has 0 aliphatic heterocycles. The van der Waals surface area contributed by atoms with E-state index in [1.807, 2.05) is 18.2 Å². The molecule has 0 N–H and O–H groups in total. The third-order valence-electron chi connectivity index (χ3n) is 6.28. The van der Waals surface area contributed by atoms with Crippen molar-refractivity contribution >= 4 is 9.84 Å². The molecule has 1 fully saturated rings. The molecule has 0 aromatic heterocycles. The van der Waals surface area contributed by atoms with Crippen LogP contribution in [-0.4, -0.2) is 13.7 Å². The van der Waals surface area contributed by atoms with Crippen molar-refractivity contribution in [2.75, 3.05) is 0 Å². The summed E-state index contributed by atoms with van der Waals surface area (Å²) < 4.78 is 26.2. The molecule has 1 aromatic rings. The lowest BCUT2D eigenvalue weighted by Crippen LogP contribution is -2.37. The average molecular weight is 316 g/mol. The minimum atomic E-state index is -3.23. The SMILES string of the molecule is C[C@@H]1C[C@@H](S(=O)(=O)c2ccccc2)[C@H](C)C2=C1[C@@H]1CC[C@@H]2C1. The highest BCUT2D eigenvalue weighted by molar-refractivity contribution is 7.92. The zero-order valence-corrected chi connectivity index (χ0v) is 14.1. The molecular weight excluding hydrogens is 292 g/mol.